The average molecular weight is 540 g/mol. The molecule has 0 fully saturated rings. The summed E-state index contributed by atoms with van der Waals surface area (Å²) >= 11 is 3.47. The topological polar surface area (TPSA) is 88.0 Å². The van der Waals surface area contributed by atoms with Crippen molar-refractivity contribution in [1.29, 1.82) is 5.26 Å². The van der Waals surface area contributed by atoms with Gasteiger partial charge in [-0.25, -0.2) is 0 Å². The molecule has 5 aromatic rings. The van der Waals surface area contributed by atoms with Gasteiger partial charge in [0.2, 0.25) is 0 Å². The molecule has 0 aliphatic rings. The van der Waals surface area contributed by atoms with Crippen LogP contribution in [-0.4, -0.2) is 32.1 Å². The average Bonchev–Trinajstić information content (AvgIpc) is 3.54. The zero-order valence-electron chi connectivity index (χ0n) is 19.3. The molecule has 0 spiro atoms. The van der Waals surface area contributed by atoms with E-state index < -0.39 is 0 Å². The molecule has 0 unspecified atom stereocenters. The van der Waals surface area contributed by atoms with Crippen molar-refractivity contribution in [3.63, 3.8) is 0 Å². The van der Waals surface area contributed by atoms with Crippen molar-refractivity contribution in [2.45, 2.75) is 19.5 Å². The summed E-state index contributed by atoms with van der Waals surface area (Å²) < 4.78 is 8.81. The van der Waals surface area contributed by atoms with Gasteiger partial charge in [0.05, 0.1) is 24.7 Å². The van der Waals surface area contributed by atoms with Crippen LogP contribution in [0.4, 0.5) is 0 Å². The number of para-hydroxylation sites is 1. The summed E-state index contributed by atoms with van der Waals surface area (Å²) in [6.07, 6.45) is 2.34. The van der Waals surface area contributed by atoms with E-state index in [-0.39, 0.29) is 12.5 Å². The van der Waals surface area contributed by atoms with E-state index in [2.05, 4.69) is 32.2 Å². The van der Waals surface area contributed by atoms with Gasteiger partial charge in [-0.05, 0) is 53.9 Å². The number of hydrogen-bond acceptors (Lipinski definition) is 5. The number of halogens is 1. The molecule has 0 radical (unpaired) electrons. The number of benzene rings is 3. The van der Waals surface area contributed by atoms with Crippen LogP contribution in [0.3, 0.4) is 0 Å². The van der Waals surface area contributed by atoms with E-state index >= 15 is 0 Å². The zero-order chi connectivity index (χ0) is 24.9. The molecule has 1 amide bonds. The second kappa shape index (κ2) is 10.6. The highest BCUT2D eigenvalue weighted by Gasteiger charge is 2.22. The van der Waals surface area contributed by atoms with E-state index in [1.54, 1.807) is 29.4 Å². The third-order valence-electron chi connectivity index (χ3n) is 5.97. The molecule has 178 valence electrons. The van der Waals surface area contributed by atoms with Gasteiger partial charge in [-0.15, -0.1) is 10.2 Å². The van der Waals surface area contributed by atoms with Crippen molar-refractivity contribution in [2.75, 3.05) is 6.54 Å². The summed E-state index contributed by atoms with van der Waals surface area (Å²) in [5.41, 5.74) is 3.43. The molecule has 36 heavy (non-hydrogen) atoms. The predicted molar refractivity (Wildman–Crippen MR) is 139 cm³/mol. The second-order valence-corrected chi connectivity index (χ2v) is 9.35. The summed E-state index contributed by atoms with van der Waals surface area (Å²) in [6, 6.07) is 27.0. The highest BCUT2D eigenvalue weighted by atomic mass is 79.9. The van der Waals surface area contributed by atoms with Gasteiger partial charge in [0.15, 0.2) is 11.6 Å². The Morgan fingerprint density at radius 2 is 1.78 bits per heavy atom. The van der Waals surface area contributed by atoms with Crippen LogP contribution in [0.2, 0.25) is 0 Å². The highest BCUT2D eigenvalue weighted by Crippen LogP contribution is 2.21. The fourth-order valence-electron chi connectivity index (χ4n) is 4.00. The number of furan rings is 1. The van der Waals surface area contributed by atoms with E-state index in [4.69, 9.17) is 9.68 Å². The monoisotopic (exact) mass is 539 g/mol. The number of carbonyl (C=O) groups excluding carboxylic acids is 1. The number of carbonyl (C=O) groups is 1. The Morgan fingerprint density at radius 1 is 1.03 bits per heavy atom. The molecule has 8 heteroatoms. The maximum Gasteiger partial charge on any atom is 0.290 e. The van der Waals surface area contributed by atoms with Crippen LogP contribution in [0.25, 0.3) is 11.0 Å². The molecule has 0 N–H and O–H groups in total. The second-order valence-electron chi connectivity index (χ2n) is 8.44. The van der Waals surface area contributed by atoms with Gasteiger partial charge in [0, 0.05) is 16.4 Å². The van der Waals surface area contributed by atoms with Crippen molar-refractivity contribution in [2.24, 2.45) is 0 Å². The van der Waals surface area contributed by atoms with Gasteiger partial charge < -0.3 is 13.9 Å². The molecule has 2 aromatic heterocycles. The van der Waals surface area contributed by atoms with Gasteiger partial charge in [-0.3, -0.25) is 4.79 Å². The van der Waals surface area contributed by atoms with E-state index in [1.165, 1.54) is 0 Å². The summed E-state index contributed by atoms with van der Waals surface area (Å²) in [5, 5.41) is 18.3. The minimum absolute atomic E-state index is 0.198. The van der Waals surface area contributed by atoms with Gasteiger partial charge in [-0.1, -0.05) is 58.4 Å². The maximum absolute atomic E-state index is 13.6. The molecule has 0 aliphatic carbocycles. The van der Waals surface area contributed by atoms with Crippen molar-refractivity contribution in [3.8, 4) is 6.07 Å². The molecule has 0 bridgehead atoms. The van der Waals surface area contributed by atoms with Gasteiger partial charge in [0.25, 0.3) is 5.91 Å². The Labute approximate surface area is 216 Å². The van der Waals surface area contributed by atoms with Crippen LogP contribution in [0, 0.1) is 11.3 Å². The standard InChI is InChI=1S/C28H22BrN5O2/c29-24-11-9-20(10-12-24)13-14-33(28(35)26-15-23-3-1-2-4-25(23)36-26)18-27-32-31-19-34(27)17-22-7-5-21(16-30)6-8-22/h1-12,15,19H,13-14,17-18H2. The van der Waals surface area contributed by atoms with Crippen molar-refractivity contribution in [3.05, 3.63) is 118 Å². The lowest BCUT2D eigenvalue weighted by molar-refractivity contribution is 0.0709. The molecular weight excluding hydrogens is 518 g/mol. The lowest BCUT2D eigenvalue weighted by atomic mass is 10.1. The Balaban J connectivity index is 1.39. The number of nitrogens with zero attached hydrogens (tertiary/aromatic N) is 5. The zero-order valence-corrected chi connectivity index (χ0v) is 20.9. The number of fused-ring (bicyclic) bond motifs is 1. The molecule has 0 saturated carbocycles. The first kappa shape index (κ1) is 23.5. The third-order valence-corrected chi connectivity index (χ3v) is 6.50. The molecule has 0 saturated heterocycles. The third kappa shape index (κ3) is 5.37. The van der Waals surface area contributed by atoms with Crippen LogP contribution in [0.5, 0.6) is 0 Å². The SMILES string of the molecule is N#Cc1ccc(Cn2cnnc2CN(CCc2ccc(Br)cc2)C(=O)c2cc3ccccc3o2)cc1. The number of hydrogen-bond donors (Lipinski definition) is 0. The molecule has 0 aliphatic heterocycles. The first-order valence-corrected chi connectivity index (χ1v) is 12.3. The Kier molecular flexibility index (Phi) is 6.92. The van der Waals surface area contributed by atoms with Gasteiger partial charge >= 0.3 is 0 Å². The number of rotatable bonds is 8. The summed E-state index contributed by atoms with van der Waals surface area (Å²) in [6.45, 7) is 1.30. The van der Waals surface area contributed by atoms with Crippen LogP contribution >= 0.6 is 15.9 Å². The van der Waals surface area contributed by atoms with Gasteiger partial charge in [0.1, 0.15) is 11.9 Å². The van der Waals surface area contributed by atoms with Crippen molar-refractivity contribution >= 4 is 32.8 Å². The molecule has 7 nitrogen and oxygen atoms in total. The molecule has 0 atom stereocenters. The fraction of sp³-hybridized carbons (Fsp3) is 0.143. The first-order valence-electron chi connectivity index (χ1n) is 11.5. The van der Waals surface area contributed by atoms with Crippen LogP contribution in [0.1, 0.15) is 33.1 Å². The lowest BCUT2D eigenvalue weighted by Crippen LogP contribution is -2.33. The first-order chi connectivity index (χ1) is 17.6. The van der Waals surface area contributed by atoms with Crippen LogP contribution < -0.4 is 0 Å². The summed E-state index contributed by atoms with van der Waals surface area (Å²) in [7, 11) is 0. The Bertz CT molecular complexity index is 1500. The largest absolute Gasteiger partial charge is 0.451 e. The van der Waals surface area contributed by atoms with E-state index in [9.17, 15) is 4.79 Å². The molecule has 3 aromatic carbocycles. The highest BCUT2D eigenvalue weighted by molar-refractivity contribution is 9.10. The Morgan fingerprint density at radius 3 is 2.53 bits per heavy atom. The fourth-order valence-corrected chi connectivity index (χ4v) is 4.26. The van der Waals surface area contributed by atoms with Crippen LogP contribution in [0.15, 0.2) is 94.1 Å². The quantitative estimate of drug-likeness (QED) is 0.256. The van der Waals surface area contributed by atoms with Crippen LogP contribution in [-0.2, 0) is 19.5 Å². The van der Waals surface area contributed by atoms with Crippen molar-refractivity contribution in [1.82, 2.24) is 19.7 Å². The summed E-state index contributed by atoms with van der Waals surface area (Å²) in [5.74, 6) is 0.765. The van der Waals surface area contributed by atoms with Crippen molar-refractivity contribution < 1.29 is 9.21 Å². The number of amides is 1. The van der Waals surface area contributed by atoms with E-state index in [0.717, 1.165) is 21.0 Å². The number of aromatic nitrogens is 3. The molecule has 2 heterocycles. The normalized spacial score (nSPS) is 10.9. The maximum atomic E-state index is 13.6. The molecular formula is C28H22BrN5O2. The Hall–Kier alpha value is -4.22. The molecule has 5 rings (SSSR count). The number of nitriles is 1. The summed E-state index contributed by atoms with van der Waals surface area (Å²) in [4.78, 5) is 15.3. The minimum atomic E-state index is -0.198. The predicted octanol–water partition coefficient (Wildman–Crippen LogP) is 5.59. The van der Waals surface area contributed by atoms with Gasteiger partial charge in [-0.2, -0.15) is 5.26 Å². The van der Waals surface area contributed by atoms with E-state index in [0.29, 0.717) is 42.2 Å². The lowest BCUT2D eigenvalue weighted by Gasteiger charge is -2.22. The smallest absolute Gasteiger partial charge is 0.290 e. The van der Waals surface area contributed by atoms with E-state index in [1.807, 2.05) is 65.2 Å². The minimum Gasteiger partial charge on any atom is -0.451 e.